The van der Waals surface area contributed by atoms with Crippen LogP contribution in [0.1, 0.15) is 6.92 Å². The molecule has 150 valence electrons. The molecule has 3 aliphatic rings. The van der Waals surface area contributed by atoms with Gasteiger partial charge in [0, 0.05) is 46.2 Å². The highest BCUT2D eigenvalue weighted by Gasteiger charge is 2.51. The second-order valence-electron chi connectivity index (χ2n) is 7.93. The van der Waals surface area contributed by atoms with E-state index in [4.69, 9.17) is 0 Å². The first kappa shape index (κ1) is 18.9. The van der Waals surface area contributed by atoms with E-state index >= 15 is 0 Å². The molecule has 3 unspecified atom stereocenters. The first-order valence-corrected chi connectivity index (χ1v) is 9.83. The molecule has 0 bridgehead atoms. The second-order valence-corrected chi connectivity index (χ2v) is 7.93. The lowest BCUT2D eigenvalue weighted by Crippen LogP contribution is -2.59. The molecular weight excluding hydrogens is 358 g/mol. The van der Waals surface area contributed by atoms with Crippen LogP contribution < -0.4 is 10.4 Å². The number of anilines is 1. The van der Waals surface area contributed by atoms with Gasteiger partial charge in [0.1, 0.15) is 0 Å². The van der Waals surface area contributed by atoms with Crippen LogP contribution in [-0.4, -0.2) is 84.8 Å². The topological polar surface area (TPSA) is 76.2 Å². The SMILES string of the molecule is CC(=O)N1CCN(C(=O)C2CN(C)CC3C(=O)N(c4ccccc4)NC23)CC1. The number of piperidine rings is 1. The van der Waals surface area contributed by atoms with Crippen LogP contribution in [0.15, 0.2) is 30.3 Å². The molecule has 0 spiro atoms. The van der Waals surface area contributed by atoms with Gasteiger partial charge in [-0.05, 0) is 19.2 Å². The van der Waals surface area contributed by atoms with Crippen LogP contribution in [0.4, 0.5) is 5.69 Å². The van der Waals surface area contributed by atoms with Gasteiger partial charge >= 0.3 is 0 Å². The standard InChI is InChI=1S/C20H27N5O3/c1-14(26)23-8-10-24(11-9-23)19(27)16-12-22(2)13-17-18(16)21-25(20(17)28)15-6-4-3-5-7-15/h3-7,16-18,21H,8-13H2,1-2H3. The molecule has 0 saturated carbocycles. The van der Waals surface area contributed by atoms with Gasteiger partial charge < -0.3 is 14.7 Å². The van der Waals surface area contributed by atoms with Gasteiger partial charge in [0.05, 0.1) is 23.6 Å². The first-order chi connectivity index (χ1) is 13.5. The predicted octanol–water partition coefficient (Wildman–Crippen LogP) is -0.225. The van der Waals surface area contributed by atoms with Crippen LogP contribution in [0, 0.1) is 11.8 Å². The van der Waals surface area contributed by atoms with Crippen LogP contribution in [0.25, 0.3) is 0 Å². The van der Waals surface area contributed by atoms with Crippen LogP contribution in [0.2, 0.25) is 0 Å². The number of amides is 3. The number of carbonyl (C=O) groups is 3. The summed E-state index contributed by atoms with van der Waals surface area (Å²) in [6, 6.07) is 9.29. The maximum Gasteiger partial charge on any atom is 0.247 e. The van der Waals surface area contributed by atoms with E-state index in [1.165, 1.54) is 0 Å². The lowest BCUT2D eigenvalue weighted by molar-refractivity contribution is -0.144. The Labute approximate surface area is 165 Å². The molecule has 3 aliphatic heterocycles. The molecule has 0 aromatic heterocycles. The Morgan fingerprint density at radius 2 is 1.64 bits per heavy atom. The monoisotopic (exact) mass is 385 g/mol. The fourth-order valence-electron chi connectivity index (χ4n) is 4.53. The number of piperazine rings is 1. The van der Waals surface area contributed by atoms with Crippen molar-refractivity contribution >= 4 is 23.4 Å². The number of hydrogen-bond donors (Lipinski definition) is 1. The largest absolute Gasteiger partial charge is 0.339 e. The number of rotatable bonds is 2. The zero-order chi connectivity index (χ0) is 19.8. The number of hydrazine groups is 1. The van der Waals surface area contributed by atoms with Crippen LogP contribution in [-0.2, 0) is 14.4 Å². The Kier molecular flexibility index (Phi) is 5.07. The number of likely N-dealkylation sites (tertiary alicyclic amines) is 1. The molecule has 8 nitrogen and oxygen atoms in total. The number of benzene rings is 1. The molecule has 0 radical (unpaired) electrons. The van der Waals surface area contributed by atoms with Gasteiger partial charge in [0.15, 0.2) is 0 Å². The number of nitrogens with zero attached hydrogens (tertiary/aromatic N) is 4. The zero-order valence-electron chi connectivity index (χ0n) is 16.4. The highest BCUT2D eigenvalue weighted by Crippen LogP contribution is 2.32. The molecule has 3 atom stereocenters. The Morgan fingerprint density at radius 1 is 1.00 bits per heavy atom. The van der Waals surface area contributed by atoms with E-state index in [-0.39, 0.29) is 35.6 Å². The van der Waals surface area contributed by atoms with Crippen molar-refractivity contribution in [3.05, 3.63) is 30.3 Å². The van der Waals surface area contributed by atoms with Crippen molar-refractivity contribution < 1.29 is 14.4 Å². The van der Waals surface area contributed by atoms with E-state index in [0.29, 0.717) is 39.3 Å². The van der Waals surface area contributed by atoms with Crippen molar-refractivity contribution in [3.63, 3.8) is 0 Å². The Hall–Kier alpha value is -2.45. The average molecular weight is 385 g/mol. The number of carbonyl (C=O) groups excluding carboxylic acids is 3. The molecule has 28 heavy (non-hydrogen) atoms. The van der Waals surface area contributed by atoms with Gasteiger partial charge in [-0.25, -0.2) is 10.4 Å². The summed E-state index contributed by atoms with van der Waals surface area (Å²) in [4.78, 5) is 43.5. The quantitative estimate of drug-likeness (QED) is 0.762. The summed E-state index contributed by atoms with van der Waals surface area (Å²) < 4.78 is 0. The Bertz CT molecular complexity index is 762. The third-order valence-corrected chi connectivity index (χ3v) is 6.07. The molecule has 3 amide bonds. The highest BCUT2D eigenvalue weighted by atomic mass is 16.2. The molecule has 3 heterocycles. The third-order valence-electron chi connectivity index (χ3n) is 6.07. The lowest BCUT2D eigenvalue weighted by Gasteiger charge is -2.41. The van der Waals surface area contributed by atoms with Crippen molar-refractivity contribution in [2.24, 2.45) is 11.8 Å². The fraction of sp³-hybridized carbons (Fsp3) is 0.550. The molecule has 1 N–H and O–H groups in total. The average Bonchev–Trinajstić information content (AvgIpc) is 3.04. The van der Waals surface area contributed by atoms with E-state index in [2.05, 4.69) is 10.3 Å². The normalized spacial score (nSPS) is 28.4. The smallest absolute Gasteiger partial charge is 0.247 e. The molecule has 3 saturated heterocycles. The lowest BCUT2D eigenvalue weighted by atomic mass is 9.84. The maximum absolute atomic E-state index is 13.3. The summed E-state index contributed by atoms with van der Waals surface area (Å²) in [5.74, 6) is -0.398. The Balaban J connectivity index is 1.51. The van der Waals surface area contributed by atoms with Gasteiger partial charge in [-0.2, -0.15) is 0 Å². The second kappa shape index (κ2) is 7.52. The summed E-state index contributed by atoms with van der Waals surface area (Å²) in [5.41, 5.74) is 4.12. The molecule has 8 heteroatoms. The minimum Gasteiger partial charge on any atom is -0.339 e. The summed E-state index contributed by atoms with van der Waals surface area (Å²) in [7, 11) is 1.96. The summed E-state index contributed by atoms with van der Waals surface area (Å²) >= 11 is 0. The van der Waals surface area contributed by atoms with E-state index in [1.54, 1.807) is 16.8 Å². The molecular formula is C20H27N5O3. The molecule has 1 aromatic carbocycles. The summed E-state index contributed by atoms with van der Waals surface area (Å²) in [5, 5.41) is 1.60. The molecule has 0 aliphatic carbocycles. The number of nitrogens with one attached hydrogen (secondary N) is 1. The van der Waals surface area contributed by atoms with Gasteiger partial charge in [0.2, 0.25) is 17.7 Å². The van der Waals surface area contributed by atoms with Crippen molar-refractivity contribution in [1.82, 2.24) is 20.1 Å². The van der Waals surface area contributed by atoms with Crippen molar-refractivity contribution in [2.75, 3.05) is 51.3 Å². The van der Waals surface area contributed by atoms with Gasteiger partial charge in [0.25, 0.3) is 0 Å². The number of para-hydroxylation sites is 1. The molecule has 1 aromatic rings. The van der Waals surface area contributed by atoms with E-state index in [9.17, 15) is 14.4 Å². The van der Waals surface area contributed by atoms with Crippen molar-refractivity contribution in [1.29, 1.82) is 0 Å². The fourth-order valence-corrected chi connectivity index (χ4v) is 4.53. The van der Waals surface area contributed by atoms with E-state index < -0.39 is 0 Å². The summed E-state index contributed by atoms with van der Waals surface area (Å²) in [6.45, 7) is 5.06. The first-order valence-electron chi connectivity index (χ1n) is 9.83. The molecule has 3 fully saturated rings. The minimum atomic E-state index is -0.287. The number of hydrogen-bond acceptors (Lipinski definition) is 5. The van der Waals surface area contributed by atoms with E-state index in [0.717, 1.165) is 5.69 Å². The summed E-state index contributed by atoms with van der Waals surface area (Å²) in [6.07, 6.45) is 0. The van der Waals surface area contributed by atoms with Gasteiger partial charge in [-0.1, -0.05) is 18.2 Å². The van der Waals surface area contributed by atoms with Crippen LogP contribution >= 0.6 is 0 Å². The highest BCUT2D eigenvalue weighted by molar-refractivity contribution is 5.98. The molecule has 4 rings (SSSR count). The zero-order valence-corrected chi connectivity index (χ0v) is 16.4. The maximum atomic E-state index is 13.3. The predicted molar refractivity (Wildman–Crippen MR) is 104 cm³/mol. The minimum absolute atomic E-state index is 0.0157. The van der Waals surface area contributed by atoms with Gasteiger partial charge in [-0.15, -0.1) is 0 Å². The number of fused-ring (bicyclic) bond motifs is 1. The van der Waals surface area contributed by atoms with Crippen molar-refractivity contribution in [2.45, 2.75) is 13.0 Å². The van der Waals surface area contributed by atoms with Crippen molar-refractivity contribution in [3.8, 4) is 0 Å². The van der Waals surface area contributed by atoms with Gasteiger partial charge in [-0.3, -0.25) is 14.4 Å². The Morgan fingerprint density at radius 3 is 2.29 bits per heavy atom. The van der Waals surface area contributed by atoms with E-state index in [1.807, 2.05) is 42.3 Å². The third kappa shape index (κ3) is 3.38. The van der Waals surface area contributed by atoms with Crippen LogP contribution in [0.5, 0.6) is 0 Å². The van der Waals surface area contributed by atoms with Crippen LogP contribution in [0.3, 0.4) is 0 Å².